The summed E-state index contributed by atoms with van der Waals surface area (Å²) < 4.78 is 0. The van der Waals surface area contributed by atoms with Gasteiger partial charge in [0.05, 0.1) is 28.2 Å². The van der Waals surface area contributed by atoms with Crippen LogP contribution in [0.4, 0.5) is 0 Å². The first-order valence-electron chi connectivity index (χ1n) is 20.6. The second kappa shape index (κ2) is 14.7. The number of benzene rings is 6. The van der Waals surface area contributed by atoms with E-state index in [4.69, 9.17) is 29.9 Å². The van der Waals surface area contributed by atoms with Gasteiger partial charge in [0.2, 0.25) is 0 Å². The quantitative estimate of drug-likeness (QED) is 0.165. The molecule has 2 aliphatic rings. The predicted molar refractivity (Wildman–Crippen MR) is 247 cm³/mol. The first-order chi connectivity index (χ1) is 30.7. The van der Waals surface area contributed by atoms with E-state index in [9.17, 15) is 0 Å². The molecule has 290 valence electrons. The Morgan fingerprint density at radius 2 is 0.758 bits per heavy atom. The molecule has 0 radical (unpaired) electrons. The van der Waals surface area contributed by atoms with Crippen LogP contribution in [0.2, 0.25) is 0 Å². The van der Waals surface area contributed by atoms with Gasteiger partial charge in [0.1, 0.15) is 0 Å². The van der Waals surface area contributed by atoms with Crippen LogP contribution in [0.5, 0.6) is 0 Å². The maximum atomic E-state index is 5.15. The van der Waals surface area contributed by atoms with Gasteiger partial charge in [0, 0.05) is 38.9 Å². The molecular formula is C55H34N6S. The van der Waals surface area contributed by atoms with E-state index in [1.54, 1.807) is 0 Å². The SMILES string of the molecule is c1ccc(-c2nc(-c3ccccc3)nc(-c3ccc4c(c3)-c3cc(-c5cc(-c6ccccn6)nc(-c6ccccn6)c5)ccc3C43c4ccccc4Sc4ccccc43)n2)cc1. The summed E-state index contributed by atoms with van der Waals surface area (Å²) in [6, 6.07) is 68.0. The van der Waals surface area contributed by atoms with Crippen LogP contribution in [-0.4, -0.2) is 29.9 Å². The molecule has 0 amide bonds. The third kappa shape index (κ3) is 5.89. The molecule has 12 rings (SSSR count). The summed E-state index contributed by atoms with van der Waals surface area (Å²) in [5.41, 5.74) is 14.8. The van der Waals surface area contributed by atoms with Gasteiger partial charge in [-0.2, -0.15) is 0 Å². The van der Waals surface area contributed by atoms with Gasteiger partial charge in [0.15, 0.2) is 17.5 Å². The fraction of sp³-hybridized carbons (Fsp3) is 0.0182. The van der Waals surface area contributed by atoms with Gasteiger partial charge in [-0.15, -0.1) is 0 Å². The molecule has 1 aliphatic heterocycles. The van der Waals surface area contributed by atoms with E-state index in [2.05, 4.69) is 97.1 Å². The standard InChI is InChI=1S/C55H34N6S/c1-3-15-35(16-4-1)52-59-53(36-17-5-2-6-18-36)61-54(60-52)38-26-28-43-41(32-38)40-31-37(39-33-48(46-21-11-13-29-56-46)58-49(34-39)47-22-12-14-30-57-47)25-27-42(40)55(43)44-19-7-9-23-50(44)62-51-24-10-8-20-45(51)55/h1-34H. The van der Waals surface area contributed by atoms with Gasteiger partial charge in [-0.1, -0.05) is 145 Å². The number of pyridine rings is 3. The van der Waals surface area contributed by atoms with E-state index in [0.29, 0.717) is 17.5 Å². The first-order valence-corrected chi connectivity index (χ1v) is 21.4. The van der Waals surface area contributed by atoms with Crippen molar-refractivity contribution >= 4 is 11.8 Å². The Morgan fingerprint density at radius 3 is 1.27 bits per heavy atom. The highest BCUT2D eigenvalue weighted by molar-refractivity contribution is 7.99. The van der Waals surface area contributed by atoms with E-state index in [1.807, 2.05) is 121 Å². The summed E-state index contributed by atoms with van der Waals surface area (Å²) in [7, 11) is 0. The Bertz CT molecular complexity index is 2980. The molecule has 0 saturated heterocycles. The molecule has 7 heteroatoms. The maximum absolute atomic E-state index is 5.15. The number of aromatic nitrogens is 6. The molecular weight excluding hydrogens is 777 g/mol. The fourth-order valence-corrected chi connectivity index (χ4v) is 10.3. The number of rotatable bonds is 6. The van der Waals surface area contributed by atoms with E-state index >= 15 is 0 Å². The second-order valence-electron chi connectivity index (χ2n) is 15.5. The molecule has 1 spiro atoms. The number of nitrogens with zero attached hydrogens (tertiary/aromatic N) is 6. The lowest BCUT2D eigenvalue weighted by Gasteiger charge is -2.39. The minimum Gasteiger partial charge on any atom is -0.255 e. The molecule has 0 atom stereocenters. The number of hydrogen-bond donors (Lipinski definition) is 0. The second-order valence-corrected chi connectivity index (χ2v) is 16.5. The fourth-order valence-electron chi connectivity index (χ4n) is 9.15. The minimum absolute atomic E-state index is 0.555. The zero-order chi connectivity index (χ0) is 41.0. The molecule has 0 bridgehead atoms. The van der Waals surface area contributed by atoms with Crippen LogP contribution in [0.1, 0.15) is 22.3 Å². The van der Waals surface area contributed by atoms with E-state index in [-0.39, 0.29) is 0 Å². The van der Waals surface area contributed by atoms with E-state index in [1.165, 1.54) is 32.0 Å². The van der Waals surface area contributed by atoms with Crippen LogP contribution in [0.3, 0.4) is 0 Å². The van der Waals surface area contributed by atoms with Crippen molar-refractivity contribution in [2.24, 2.45) is 0 Å². The van der Waals surface area contributed by atoms with Crippen molar-refractivity contribution in [3.8, 4) is 79.2 Å². The smallest absolute Gasteiger partial charge is 0.164 e. The minimum atomic E-state index is -0.555. The lowest BCUT2D eigenvalue weighted by atomic mass is 9.67. The summed E-state index contributed by atoms with van der Waals surface area (Å²) >= 11 is 1.84. The van der Waals surface area contributed by atoms with E-state index < -0.39 is 5.41 Å². The monoisotopic (exact) mass is 810 g/mol. The Morgan fingerprint density at radius 1 is 0.306 bits per heavy atom. The average Bonchev–Trinajstić information content (AvgIpc) is 3.64. The molecule has 10 aromatic rings. The van der Waals surface area contributed by atoms with Crippen LogP contribution in [-0.2, 0) is 5.41 Å². The molecule has 62 heavy (non-hydrogen) atoms. The lowest BCUT2D eigenvalue weighted by Crippen LogP contribution is -2.31. The van der Waals surface area contributed by atoms with Gasteiger partial charge >= 0.3 is 0 Å². The summed E-state index contributed by atoms with van der Waals surface area (Å²) in [5.74, 6) is 1.88. The van der Waals surface area contributed by atoms with Gasteiger partial charge in [-0.25, -0.2) is 19.9 Å². The van der Waals surface area contributed by atoms with Crippen molar-refractivity contribution in [2.45, 2.75) is 15.2 Å². The molecule has 1 aliphatic carbocycles. The summed E-state index contributed by atoms with van der Waals surface area (Å²) in [5, 5.41) is 0. The maximum Gasteiger partial charge on any atom is 0.164 e. The largest absolute Gasteiger partial charge is 0.255 e. The van der Waals surface area contributed by atoms with Crippen molar-refractivity contribution in [1.29, 1.82) is 0 Å². The molecule has 0 unspecified atom stereocenters. The van der Waals surface area contributed by atoms with Gasteiger partial charge < -0.3 is 0 Å². The highest BCUT2D eigenvalue weighted by Crippen LogP contribution is 2.62. The first kappa shape index (κ1) is 36.0. The zero-order valence-electron chi connectivity index (χ0n) is 33.2. The van der Waals surface area contributed by atoms with Gasteiger partial charge in [-0.05, 0) is 105 Å². The lowest BCUT2D eigenvalue weighted by molar-refractivity contribution is 0.722. The highest BCUT2D eigenvalue weighted by atomic mass is 32.2. The predicted octanol–water partition coefficient (Wildman–Crippen LogP) is 12.9. The summed E-state index contributed by atoms with van der Waals surface area (Å²) in [6.45, 7) is 0. The van der Waals surface area contributed by atoms with Crippen molar-refractivity contribution in [3.63, 3.8) is 0 Å². The van der Waals surface area contributed by atoms with Crippen molar-refractivity contribution in [3.05, 3.63) is 229 Å². The van der Waals surface area contributed by atoms with Crippen molar-refractivity contribution in [2.75, 3.05) is 0 Å². The van der Waals surface area contributed by atoms with Gasteiger partial charge in [0.25, 0.3) is 0 Å². The normalized spacial score (nSPS) is 12.9. The highest BCUT2D eigenvalue weighted by Gasteiger charge is 2.50. The van der Waals surface area contributed by atoms with Crippen molar-refractivity contribution in [1.82, 2.24) is 29.9 Å². The average molecular weight is 811 g/mol. The van der Waals surface area contributed by atoms with Crippen LogP contribution in [0.25, 0.3) is 79.2 Å². The summed E-state index contributed by atoms with van der Waals surface area (Å²) in [4.78, 5) is 32.3. The Balaban J connectivity index is 1.11. The van der Waals surface area contributed by atoms with E-state index in [0.717, 1.165) is 61.7 Å². The Kier molecular flexibility index (Phi) is 8.54. The molecule has 6 nitrogen and oxygen atoms in total. The number of hydrogen-bond acceptors (Lipinski definition) is 7. The molecule has 5 heterocycles. The third-order valence-corrected chi connectivity index (χ3v) is 13.1. The summed E-state index contributed by atoms with van der Waals surface area (Å²) in [6.07, 6.45) is 3.62. The molecule has 0 saturated carbocycles. The molecule has 0 N–H and O–H groups in total. The van der Waals surface area contributed by atoms with Gasteiger partial charge in [-0.3, -0.25) is 9.97 Å². The molecule has 0 fully saturated rings. The van der Waals surface area contributed by atoms with Crippen LogP contribution < -0.4 is 0 Å². The zero-order valence-corrected chi connectivity index (χ0v) is 34.0. The van der Waals surface area contributed by atoms with Crippen LogP contribution in [0, 0.1) is 0 Å². The molecule has 6 aromatic carbocycles. The van der Waals surface area contributed by atoms with Crippen LogP contribution in [0.15, 0.2) is 216 Å². The number of fused-ring (bicyclic) bond motifs is 9. The topological polar surface area (TPSA) is 77.3 Å². The van der Waals surface area contributed by atoms with Crippen molar-refractivity contribution < 1.29 is 0 Å². The molecule has 4 aromatic heterocycles. The third-order valence-electron chi connectivity index (χ3n) is 11.9. The van der Waals surface area contributed by atoms with Crippen LogP contribution >= 0.6 is 11.8 Å². The Hall–Kier alpha value is -7.87. The Labute approximate surface area is 363 Å².